The number of rotatable bonds is 8. The van der Waals surface area contributed by atoms with E-state index in [1.807, 2.05) is 28.8 Å². The summed E-state index contributed by atoms with van der Waals surface area (Å²) in [5.41, 5.74) is 2.22. The predicted octanol–water partition coefficient (Wildman–Crippen LogP) is 3.71. The molecule has 3 aromatic rings. The average molecular weight is 387 g/mol. The van der Waals surface area contributed by atoms with Crippen molar-refractivity contribution in [2.75, 3.05) is 13.2 Å². The minimum atomic E-state index is -1.15. The minimum absolute atomic E-state index is 0.327. The van der Waals surface area contributed by atoms with Crippen LogP contribution in [0, 0.1) is 0 Å². The van der Waals surface area contributed by atoms with Crippen LogP contribution in [-0.2, 0) is 16.2 Å². The summed E-state index contributed by atoms with van der Waals surface area (Å²) in [4.78, 5) is 16.6. The van der Waals surface area contributed by atoms with Crippen molar-refractivity contribution in [1.82, 2.24) is 19.3 Å². The van der Waals surface area contributed by atoms with E-state index in [0.29, 0.717) is 24.8 Å². The Bertz CT molecular complexity index is 927. The Morgan fingerprint density at radius 1 is 1.22 bits per heavy atom. The fraction of sp³-hybridized carbons (Fsp3) is 0.421. The molecule has 0 fully saturated rings. The monoisotopic (exact) mass is 386 g/mol. The zero-order valence-corrected chi connectivity index (χ0v) is 17.3. The average Bonchev–Trinajstić information content (AvgIpc) is 3.23. The van der Waals surface area contributed by atoms with Gasteiger partial charge in [-0.3, -0.25) is 4.57 Å². The standard InChI is InChI=1S/C19H26N4O3Si/c1-5-26-18(24)15-12-20-23(13-15)19-21-16-8-6-7-9-17(16)22(19)14-25-10-11-27(2,3)4/h6-9,12-13H,5,10-11,14H2,1-4H3. The van der Waals surface area contributed by atoms with Gasteiger partial charge in [0.25, 0.3) is 0 Å². The molecule has 0 radical (unpaired) electrons. The second-order valence-electron chi connectivity index (χ2n) is 7.57. The number of nitrogens with zero attached hydrogens (tertiary/aromatic N) is 4. The van der Waals surface area contributed by atoms with E-state index in [0.717, 1.165) is 23.7 Å². The van der Waals surface area contributed by atoms with E-state index in [2.05, 4.69) is 29.7 Å². The number of aromatic nitrogens is 4. The van der Waals surface area contributed by atoms with Gasteiger partial charge in [-0.15, -0.1) is 0 Å². The maximum Gasteiger partial charge on any atom is 0.341 e. The van der Waals surface area contributed by atoms with Crippen LogP contribution in [0.2, 0.25) is 25.7 Å². The Labute approximate surface area is 159 Å². The van der Waals surface area contributed by atoms with Gasteiger partial charge >= 0.3 is 5.97 Å². The van der Waals surface area contributed by atoms with Crippen LogP contribution in [-0.4, -0.2) is 46.6 Å². The number of carbonyl (C=O) groups excluding carboxylic acids is 1. The molecule has 0 saturated heterocycles. The van der Waals surface area contributed by atoms with Gasteiger partial charge in [0.05, 0.1) is 29.4 Å². The van der Waals surface area contributed by atoms with Crippen molar-refractivity contribution < 1.29 is 14.3 Å². The van der Waals surface area contributed by atoms with Crippen molar-refractivity contribution in [3.63, 3.8) is 0 Å². The fourth-order valence-electron chi connectivity index (χ4n) is 2.65. The first-order valence-corrected chi connectivity index (χ1v) is 12.8. The quantitative estimate of drug-likeness (QED) is 0.335. The maximum atomic E-state index is 11.9. The van der Waals surface area contributed by atoms with E-state index in [-0.39, 0.29) is 0 Å². The number of hydrogen-bond acceptors (Lipinski definition) is 5. The molecule has 7 nitrogen and oxygen atoms in total. The molecular formula is C19H26N4O3Si. The van der Waals surface area contributed by atoms with Gasteiger partial charge in [-0.2, -0.15) is 5.10 Å². The van der Waals surface area contributed by atoms with Crippen LogP contribution in [0.5, 0.6) is 0 Å². The molecule has 0 saturated carbocycles. The third kappa shape index (κ3) is 4.64. The lowest BCUT2D eigenvalue weighted by Gasteiger charge is -2.16. The lowest BCUT2D eigenvalue weighted by atomic mass is 10.3. The molecule has 0 aliphatic heterocycles. The fourth-order valence-corrected chi connectivity index (χ4v) is 3.41. The number of fused-ring (bicyclic) bond motifs is 1. The minimum Gasteiger partial charge on any atom is -0.462 e. The van der Waals surface area contributed by atoms with Gasteiger partial charge in [0.1, 0.15) is 6.73 Å². The number of benzene rings is 1. The second kappa shape index (κ2) is 8.06. The summed E-state index contributed by atoms with van der Waals surface area (Å²) in [5.74, 6) is 0.220. The van der Waals surface area contributed by atoms with Crippen molar-refractivity contribution in [2.45, 2.75) is 39.3 Å². The molecule has 0 N–H and O–H groups in total. The Hall–Kier alpha value is -2.45. The number of carbonyl (C=O) groups is 1. The summed E-state index contributed by atoms with van der Waals surface area (Å²) in [6, 6.07) is 8.97. The summed E-state index contributed by atoms with van der Waals surface area (Å²) in [7, 11) is -1.15. The third-order valence-electron chi connectivity index (χ3n) is 4.15. The Balaban J connectivity index is 1.87. The van der Waals surface area contributed by atoms with Gasteiger partial charge in [0.15, 0.2) is 0 Å². The maximum absolute atomic E-state index is 11.9. The summed E-state index contributed by atoms with van der Waals surface area (Å²) < 4.78 is 14.5. The Morgan fingerprint density at radius 3 is 2.74 bits per heavy atom. The topological polar surface area (TPSA) is 71.2 Å². The smallest absolute Gasteiger partial charge is 0.341 e. The van der Waals surface area contributed by atoms with Gasteiger partial charge in [0, 0.05) is 20.9 Å². The van der Waals surface area contributed by atoms with Crippen LogP contribution in [0.4, 0.5) is 0 Å². The largest absolute Gasteiger partial charge is 0.462 e. The number of esters is 1. The SMILES string of the molecule is CCOC(=O)c1cnn(-c2nc3ccccc3n2COCC[Si](C)(C)C)c1. The zero-order chi connectivity index (χ0) is 19.4. The summed E-state index contributed by atoms with van der Waals surface area (Å²) in [5, 5.41) is 4.30. The van der Waals surface area contributed by atoms with E-state index in [1.54, 1.807) is 17.8 Å². The molecule has 0 bridgehead atoms. The first kappa shape index (κ1) is 19.3. The van der Waals surface area contributed by atoms with E-state index in [4.69, 9.17) is 9.47 Å². The first-order chi connectivity index (χ1) is 12.9. The van der Waals surface area contributed by atoms with Gasteiger partial charge in [-0.05, 0) is 25.1 Å². The lowest BCUT2D eigenvalue weighted by Crippen LogP contribution is -2.22. The van der Waals surface area contributed by atoms with Gasteiger partial charge < -0.3 is 9.47 Å². The predicted molar refractivity (Wildman–Crippen MR) is 107 cm³/mol. The molecule has 3 rings (SSSR count). The Kier molecular flexibility index (Phi) is 5.76. The van der Waals surface area contributed by atoms with Crippen LogP contribution >= 0.6 is 0 Å². The van der Waals surface area contributed by atoms with Crippen LogP contribution < -0.4 is 0 Å². The third-order valence-corrected chi connectivity index (χ3v) is 5.85. The van der Waals surface area contributed by atoms with Crippen LogP contribution in [0.15, 0.2) is 36.7 Å². The van der Waals surface area contributed by atoms with Crippen LogP contribution in [0.25, 0.3) is 17.0 Å². The van der Waals surface area contributed by atoms with E-state index in [9.17, 15) is 4.79 Å². The number of ether oxygens (including phenoxy) is 2. The molecule has 0 atom stereocenters. The van der Waals surface area contributed by atoms with Crippen molar-refractivity contribution in [2.24, 2.45) is 0 Å². The molecule has 8 heteroatoms. The molecule has 0 amide bonds. The highest BCUT2D eigenvalue weighted by molar-refractivity contribution is 6.76. The van der Waals surface area contributed by atoms with Gasteiger partial charge in [-0.25, -0.2) is 14.5 Å². The molecule has 144 valence electrons. The van der Waals surface area contributed by atoms with Crippen molar-refractivity contribution in [3.8, 4) is 5.95 Å². The van der Waals surface area contributed by atoms with E-state index >= 15 is 0 Å². The number of hydrogen-bond donors (Lipinski definition) is 0. The van der Waals surface area contributed by atoms with Crippen LogP contribution in [0.3, 0.4) is 0 Å². The Morgan fingerprint density at radius 2 is 2.00 bits per heavy atom. The normalized spacial score (nSPS) is 11.9. The van der Waals surface area contributed by atoms with Crippen molar-refractivity contribution in [1.29, 1.82) is 0 Å². The molecule has 2 aromatic heterocycles. The summed E-state index contributed by atoms with van der Waals surface area (Å²) in [6.45, 7) is 10.2. The first-order valence-electron chi connectivity index (χ1n) is 9.14. The highest BCUT2D eigenvalue weighted by atomic mass is 28.3. The molecule has 0 unspecified atom stereocenters. The molecule has 27 heavy (non-hydrogen) atoms. The molecule has 2 heterocycles. The molecule has 0 spiro atoms. The molecular weight excluding hydrogens is 360 g/mol. The van der Waals surface area contributed by atoms with Crippen molar-refractivity contribution >= 4 is 25.1 Å². The molecule has 0 aliphatic rings. The van der Waals surface area contributed by atoms with Crippen LogP contribution in [0.1, 0.15) is 17.3 Å². The lowest BCUT2D eigenvalue weighted by molar-refractivity contribution is 0.0526. The van der Waals surface area contributed by atoms with E-state index in [1.165, 1.54) is 6.20 Å². The molecule has 0 aliphatic carbocycles. The molecule has 1 aromatic carbocycles. The zero-order valence-electron chi connectivity index (χ0n) is 16.3. The number of para-hydroxylation sites is 2. The van der Waals surface area contributed by atoms with E-state index < -0.39 is 14.0 Å². The second-order valence-corrected chi connectivity index (χ2v) is 13.2. The van der Waals surface area contributed by atoms with Gasteiger partial charge in [-0.1, -0.05) is 31.8 Å². The van der Waals surface area contributed by atoms with Gasteiger partial charge in [0.2, 0.25) is 5.95 Å². The number of imidazole rings is 1. The van der Waals surface area contributed by atoms with Crippen molar-refractivity contribution in [3.05, 3.63) is 42.2 Å². The highest BCUT2D eigenvalue weighted by Crippen LogP contribution is 2.19. The summed E-state index contributed by atoms with van der Waals surface area (Å²) in [6.07, 6.45) is 3.13. The summed E-state index contributed by atoms with van der Waals surface area (Å²) >= 11 is 0. The highest BCUT2D eigenvalue weighted by Gasteiger charge is 2.17.